The lowest BCUT2D eigenvalue weighted by Crippen LogP contribution is -2.42. The van der Waals surface area contributed by atoms with Gasteiger partial charge in [0.25, 0.3) is 15.9 Å². The maximum Gasteiger partial charge on any atom is 0.269 e. The van der Waals surface area contributed by atoms with E-state index >= 15 is 0 Å². The second kappa shape index (κ2) is 6.94. The van der Waals surface area contributed by atoms with Gasteiger partial charge < -0.3 is 10.1 Å². The van der Waals surface area contributed by atoms with Gasteiger partial charge in [-0.15, -0.1) is 0 Å². The lowest BCUT2D eigenvalue weighted by molar-refractivity contribution is -0.121. The van der Waals surface area contributed by atoms with E-state index in [-0.39, 0.29) is 16.5 Å². The third-order valence-electron chi connectivity index (χ3n) is 5.08. The topological polar surface area (TPSA) is 92.8 Å². The molecule has 1 heterocycles. The van der Waals surface area contributed by atoms with E-state index in [4.69, 9.17) is 4.74 Å². The van der Waals surface area contributed by atoms with Gasteiger partial charge in [-0.05, 0) is 48.6 Å². The van der Waals surface area contributed by atoms with Crippen molar-refractivity contribution in [1.82, 2.24) is 9.62 Å². The molecule has 2 aliphatic rings. The lowest BCUT2D eigenvalue weighted by atomic mass is 10.0. The average Bonchev–Trinajstić information content (AvgIpc) is 3.52. The van der Waals surface area contributed by atoms with Crippen LogP contribution in [0.5, 0.6) is 5.75 Å². The number of hydrogen-bond donors (Lipinski definition) is 1. The number of rotatable bonds is 6. The standard InChI is InChI=1S/C20H20N2O5S/c1-27-15-10-8-14(9-11-15)19(13-6-7-13)21-18(23)12-22-20(24)16-4-2-3-5-17(16)28(22,25)26/h2-5,8-11,13,19H,6-7,12H2,1H3,(H,21,23)/t19-/m1/s1. The van der Waals surface area contributed by atoms with Crippen molar-refractivity contribution in [2.75, 3.05) is 13.7 Å². The first kappa shape index (κ1) is 18.5. The van der Waals surface area contributed by atoms with Crippen molar-refractivity contribution in [3.8, 4) is 5.75 Å². The molecule has 4 rings (SSSR count). The first-order valence-electron chi connectivity index (χ1n) is 9.01. The molecule has 0 unspecified atom stereocenters. The monoisotopic (exact) mass is 400 g/mol. The summed E-state index contributed by atoms with van der Waals surface area (Å²) in [7, 11) is -2.41. The van der Waals surface area contributed by atoms with E-state index in [1.54, 1.807) is 19.2 Å². The van der Waals surface area contributed by atoms with Crippen LogP contribution in [0.25, 0.3) is 0 Å². The summed E-state index contributed by atoms with van der Waals surface area (Å²) in [6, 6.07) is 13.2. The Balaban J connectivity index is 1.51. The Morgan fingerprint density at radius 1 is 1.18 bits per heavy atom. The van der Waals surface area contributed by atoms with Gasteiger partial charge in [-0.2, -0.15) is 0 Å². The maximum atomic E-state index is 12.6. The van der Waals surface area contributed by atoms with E-state index in [2.05, 4.69) is 5.32 Å². The van der Waals surface area contributed by atoms with Gasteiger partial charge in [0, 0.05) is 0 Å². The zero-order valence-electron chi connectivity index (χ0n) is 15.3. The molecule has 7 nitrogen and oxygen atoms in total. The number of carbonyl (C=O) groups excluding carboxylic acids is 2. The van der Waals surface area contributed by atoms with Gasteiger partial charge in [-0.3, -0.25) is 9.59 Å². The summed E-state index contributed by atoms with van der Waals surface area (Å²) >= 11 is 0. The molecule has 1 N–H and O–H groups in total. The molecule has 1 aliphatic carbocycles. The van der Waals surface area contributed by atoms with Crippen LogP contribution in [0.15, 0.2) is 53.4 Å². The van der Waals surface area contributed by atoms with Crippen molar-refractivity contribution >= 4 is 21.8 Å². The summed E-state index contributed by atoms with van der Waals surface area (Å²) in [4.78, 5) is 25.0. The predicted octanol–water partition coefficient (Wildman–Crippen LogP) is 2.11. The maximum absolute atomic E-state index is 12.6. The highest BCUT2D eigenvalue weighted by atomic mass is 32.2. The zero-order chi connectivity index (χ0) is 19.9. The molecule has 1 atom stereocenters. The smallest absolute Gasteiger partial charge is 0.269 e. The van der Waals surface area contributed by atoms with Crippen LogP contribution in [0.4, 0.5) is 0 Å². The molecular weight excluding hydrogens is 380 g/mol. The van der Waals surface area contributed by atoms with E-state index < -0.39 is 28.4 Å². The fraction of sp³-hybridized carbons (Fsp3) is 0.300. The van der Waals surface area contributed by atoms with E-state index in [9.17, 15) is 18.0 Å². The summed E-state index contributed by atoms with van der Waals surface area (Å²) in [5.41, 5.74) is 1.03. The van der Waals surface area contributed by atoms with Crippen molar-refractivity contribution in [2.24, 2.45) is 5.92 Å². The molecule has 2 aromatic carbocycles. The molecule has 0 saturated heterocycles. The molecule has 1 fully saturated rings. The molecular formula is C20H20N2O5S. The summed E-state index contributed by atoms with van der Waals surface area (Å²) in [6.07, 6.45) is 1.98. The molecule has 2 amide bonds. The third-order valence-corrected chi connectivity index (χ3v) is 6.87. The number of amides is 2. The normalized spacial score (nSPS) is 18.5. The first-order valence-corrected chi connectivity index (χ1v) is 10.5. The second-order valence-corrected chi connectivity index (χ2v) is 8.80. The second-order valence-electron chi connectivity index (χ2n) is 6.97. The van der Waals surface area contributed by atoms with E-state index in [1.807, 2.05) is 24.3 Å². The largest absolute Gasteiger partial charge is 0.497 e. The quantitative estimate of drug-likeness (QED) is 0.802. The van der Waals surface area contributed by atoms with Crippen LogP contribution >= 0.6 is 0 Å². The number of carbonyl (C=O) groups is 2. The van der Waals surface area contributed by atoms with Crippen LogP contribution in [0.1, 0.15) is 34.8 Å². The van der Waals surface area contributed by atoms with Crippen molar-refractivity contribution < 1.29 is 22.7 Å². The Bertz CT molecular complexity index is 1030. The number of methoxy groups -OCH3 is 1. The van der Waals surface area contributed by atoms with Gasteiger partial charge in [0.15, 0.2) is 0 Å². The average molecular weight is 400 g/mol. The number of hydrogen-bond acceptors (Lipinski definition) is 5. The molecule has 8 heteroatoms. The fourth-order valence-electron chi connectivity index (χ4n) is 3.45. The Hall–Kier alpha value is -2.87. The molecule has 1 aliphatic heterocycles. The molecule has 0 bridgehead atoms. The van der Waals surface area contributed by atoms with Crippen LogP contribution in [-0.4, -0.2) is 38.2 Å². The van der Waals surface area contributed by atoms with Crippen LogP contribution in [0.3, 0.4) is 0 Å². The first-order chi connectivity index (χ1) is 13.4. The fourth-order valence-corrected chi connectivity index (χ4v) is 4.98. The van der Waals surface area contributed by atoms with Crippen molar-refractivity contribution in [1.29, 1.82) is 0 Å². The number of sulfonamides is 1. The molecule has 0 spiro atoms. The third kappa shape index (κ3) is 3.24. The van der Waals surface area contributed by atoms with Gasteiger partial charge in [0.2, 0.25) is 5.91 Å². The predicted molar refractivity (Wildman–Crippen MR) is 101 cm³/mol. The SMILES string of the molecule is COc1ccc([C@H](NC(=O)CN2C(=O)c3ccccc3S2(=O)=O)C2CC2)cc1. The number of nitrogens with one attached hydrogen (secondary N) is 1. The zero-order valence-corrected chi connectivity index (χ0v) is 16.1. The van der Waals surface area contributed by atoms with E-state index in [1.165, 1.54) is 12.1 Å². The summed E-state index contributed by atoms with van der Waals surface area (Å²) in [5, 5.41) is 2.91. The lowest BCUT2D eigenvalue weighted by Gasteiger charge is -2.21. The van der Waals surface area contributed by atoms with Crippen molar-refractivity contribution in [3.05, 3.63) is 59.7 Å². The molecule has 1 saturated carbocycles. The Labute approximate surface area is 163 Å². The highest BCUT2D eigenvalue weighted by Crippen LogP contribution is 2.41. The van der Waals surface area contributed by atoms with Crippen LogP contribution in [-0.2, 0) is 14.8 Å². The minimum atomic E-state index is -4.00. The minimum Gasteiger partial charge on any atom is -0.497 e. The van der Waals surface area contributed by atoms with Gasteiger partial charge in [-0.25, -0.2) is 12.7 Å². The van der Waals surface area contributed by atoms with Crippen LogP contribution in [0, 0.1) is 5.92 Å². The summed E-state index contributed by atoms with van der Waals surface area (Å²) in [6.45, 7) is -0.533. The minimum absolute atomic E-state index is 0.0540. The Morgan fingerprint density at radius 3 is 2.46 bits per heavy atom. The molecule has 28 heavy (non-hydrogen) atoms. The van der Waals surface area contributed by atoms with Crippen molar-refractivity contribution in [2.45, 2.75) is 23.8 Å². The highest BCUT2D eigenvalue weighted by molar-refractivity contribution is 7.90. The van der Waals surface area contributed by atoms with E-state index in [0.717, 1.165) is 24.2 Å². The van der Waals surface area contributed by atoms with Crippen LogP contribution in [0.2, 0.25) is 0 Å². The van der Waals surface area contributed by atoms with Gasteiger partial charge in [0.1, 0.15) is 17.2 Å². The summed E-state index contributed by atoms with van der Waals surface area (Å²) < 4.78 is 31.0. The number of fused-ring (bicyclic) bond motifs is 1. The highest BCUT2D eigenvalue weighted by Gasteiger charge is 2.42. The number of nitrogens with zero attached hydrogens (tertiary/aromatic N) is 1. The number of ether oxygens (including phenoxy) is 1. The van der Waals surface area contributed by atoms with Crippen LogP contribution < -0.4 is 10.1 Å². The summed E-state index contributed by atoms with van der Waals surface area (Å²) in [5.74, 6) is -0.146. The van der Waals surface area contributed by atoms with Gasteiger partial charge in [-0.1, -0.05) is 24.3 Å². The molecule has 146 valence electrons. The molecule has 0 aromatic heterocycles. The Kier molecular flexibility index (Phi) is 4.58. The van der Waals surface area contributed by atoms with Crippen molar-refractivity contribution in [3.63, 3.8) is 0 Å². The van der Waals surface area contributed by atoms with Gasteiger partial charge >= 0.3 is 0 Å². The molecule has 2 aromatic rings. The number of benzene rings is 2. The van der Waals surface area contributed by atoms with Gasteiger partial charge in [0.05, 0.1) is 18.7 Å². The Morgan fingerprint density at radius 2 is 1.86 bits per heavy atom. The molecule has 0 radical (unpaired) electrons. The van der Waals surface area contributed by atoms with E-state index in [0.29, 0.717) is 10.2 Å².